The van der Waals surface area contributed by atoms with E-state index in [0.29, 0.717) is 12.3 Å². The molecule has 1 rings (SSSR count). The summed E-state index contributed by atoms with van der Waals surface area (Å²) in [7, 11) is 0. The summed E-state index contributed by atoms with van der Waals surface area (Å²) in [6.07, 6.45) is 0.745. The molecule has 0 saturated carbocycles. The number of hydrogen-bond acceptors (Lipinski definition) is 2. The lowest BCUT2D eigenvalue weighted by molar-refractivity contribution is 0.205. The fourth-order valence-electron chi connectivity index (χ4n) is 1.68. The SMILES string of the molecule is CCNC(=NCC(CC)Oc1cccc(F)c1)NCC. The molecule has 1 unspecified atom stereocenters. The molecule has 0 heterocycles. The van der Waals surface area contributed by atoms with E-state index in [1.54, 1.807) is 12.1 Å². The summed E-state index contributed by atoms with van der Waals surface area (Å²) in [5.41, 5.74) is 0. The van der Waals surface area contributed by atoms with Gasteiger partial charge in [0.15, 0.2) is 5.96 Å². The molecule has 1 atom stereocenters. The third-order valence-corrected chi connectivity index (χ3v) is 2.70. The van der Waals surface area contributed by atoms with Gasteiger partial charge in [0.2, 0.25) is 0 Å². The molecule has 0 aliphatic heterocycles. The second-order valence-electron chi connectivity index (χ2n) is 4.36. The Kier molecular flexibility index (Phi) is 7.47. The Morgan fingerprint density at radius 3 is 2.50 bits per heavy atom. The van der Waals surface area contributed by atoms with E-state index in [2.05, 4.69) is 15.6 Å². The Morgan fingerprint density at radius 2 is 1.95 bits per heavy atom. The molecule has 0 aromatic heterocycles. The monoisotopic (exact) mass is 281 g/mol. The van der Waals surface area contributed by atoms with Gasteiger partial charge in [-0.25, -0.2) is 9.38 Å². The first-order valence-electron chi connectivity index (χ1n) is 7.13. The van der Waals surface area contributed by atoms with E-state index in [-0.39, 0.29) is 11.9 Å². The maximum Gasteiger partial charge on any atom is 0.191 e. The van der Waals surface area contributed by atoms with E-state index >= 15 is 0 Å². The van der Waals surface area contributed by atoms with Crippen molar-refractivity contribution in [3.8, 4) is 5.75 Å². The first-order valence-corrected chi connectivity index (χ1v) is 7.13. The van der Waals surface area contributed by atoms with Gasteiger partial charge >= 0.3 is 0 Å². The molecule has 5 heteroatoms. The van der Waals surface area contributed by atoms with E-state index in [0.717, 1.165) is 25.5 Å². The van der Waals surface area contributed by atoms with Crippen molar-refractivity contribution in [3.05, 3.63) is 30.1 Å². The van der Waals surface area contributed by atoms with Crippen LogP contribution in [0.3, 0.4) is 0 Å². The highest BCUT2D eigenvalue weighted by Gasteiger charge is 2.08. The van der Waals surface area contributed by atoms with Crippen molar-refractivity contribution >= 4 is 5.96 Å². The Morgan fingerprint density at radius 1 is 1.25 bits per heavy atom. The van der Waals surface area contributed by atoms with Crippen molar-refractivity contribution < 1.29 is 9.13 Å². The van der Waals surface area contributed by atoms with Crippen molar-refractivity contribution in [3.63, 3.8) is 0 Å². The van der Waals surface area contributed by atoms with Gasteiger partial charge in [-0.3, -0.25) is 0 Å². The normalized spacial score (nSPS) is 11.6. The number of nitrogens with one attached hydrogen (secondary N) is 2. The fraction of sp³-hybridized carbons (Fsp3) is 0.533. The third kappa shape index (κ3) is 5.91. The summed E-state index contributed by atoms with van der Waals surface area (Å²) in [4.78, 5) is 4.47. The molecular weight excluding hydrogens is 257 g/mol. The number of hydrogen-bond donors (Lipinski definition) is 2. The van der Waals surface area contributed by atoms with Crippen molar-refractivity contribution in [1.29, 1.82) is 0 Å². The zero-order valence-corrected chi connectivity index (χ0v) is 12.4. The summed E-state index contributed by atoms with van der Waals surface area (Å²) < 4.78 is 18.9. The lowest BCUT2D eigenvalue weighted by Gasteiger charge is -2.17. The topological polar surface area (TPSA) is 45.7 Å². The number of guanidine groups is 1. The maximum absolute atomic E-state index is 13.1. The molecule has 112 valence electrons. The lowest BCUT2D eigenvalue weighted by atomic mass is 10.2. The highest BCUT2D eigenvalue weighted by molar-refractivity contribution is 5.79. The zero-order chi connectivity index (χ0) is 14.8. The van der Waals surface area contributed by atoms with E-state index in [1.807, 2.05) is 20.8 Å². The maximum atomic E-state index is 13.1. The van der Waals surface area contributed by atoms with Crippen LogP contribution in [0, 0.1) is 5.82 Å². The second-order valence-corrected chi connectivity index (χ2v) is 4.36. The number of halogens is 1. The molecule has 1 aromatic rings. The van der Waals surface area contributed by atoms with Gasteiger partial charge in [0, 0.05) is 19.2 Å². The average Bonchev–Trinajstić information content (AvgIpc) is 2.43. The minimum absolute atomic E-state index is 0.0656. The second kappa shape index (κ2) is 9.18. The van der Waals surface area contributed by atoms with Gasteiger partial charge in [-0.15, -0.1) is 0 Å². The number of aliphatic imine (C=N–C) groups is 1. The van der Waals surface area contributed by atoms with Crippen LogP contribution in [0.15, 0.2) is 29.3 Å². The predicted octanol–water partition coefficient (Wildman–Crippen LogP) is 2.56. The predicted molar refractivity (Wildman–Crippen MR) is 80.8 cm³/mol. The summed E-state index contributed by atoms with van der Waals surface area (Å²) >= 11 is 0. The quantitative estimate of drug-likeness (QED) is 0.596. The van der Waals surface area contributed by atoms with Crippen molar-refractivity contribution in [1.82, 2.24) is 10.6 Å². The summed E-state index contributed by atoms with van der Waals surface area (Å²) in [6.45, 7) is 8.23. The van der Waals surface area contributed by atoms with Crippen LogP contribution in [0.5, 0.6) is 5.75 Å². The molecule has 0 bridgehead atoms. The summed E-state index contributed by atoms with van der Waals surface area (Å²) in [5.74, 6) is 1.03. The standard InChI is InChI=1S/C15H24FN3O/c1-4-13(11-19-15(17-5-2)18-6-3)20-14-9-7-8-12(16)10-14/h7-10,13H,4-6,11H2,1-3H3,(H2,17,18,19). The fourth-order valence-corrected chi connectivity index (χ4v) is 1.68. The number of rotatable bonds is 7. The smallest absolute Gasteiger partial charge is 0.191 e. The van der Waals surface area contributed by atoms with Crippen LogP contribution in [0.25, 0.3) is 0 Å². The molecule has 1 aromatic carbocycles. The Bertz CT molecular complexity index is 415. The van der Waals surface area contributed by atoms with E-state index in [4.69, 9.17) is 4.74 Å². The van der Waals surface area contributed by atoms with Gasteiger partial charge in [-0.1, -0.05) is 13.0 Å². The van der Waals surface area contributed by atoms with Crippen LogP contribution in [0.1, 0.15) is 27.2 Å². The minimum Gasteiger partial charge on any atom is -0.488 e. The molecule has 4 nitrogen and oxygen atoms in total. The molecule has 0 amide bonds. The molecule has 0 fully saturated rings. The molecule has 20 heavy (non-hydrogen) atoms. The molecule has 0 spiro atoms. The van der Waals surface area contributed by atoms with Crippen LogP contribution in [0.4, 0.5) is 4.39 Å². The minimum atomic E-state index is -0.290. The number of ether oxygens (including phenoxy) is 1. The van der Waals surface area contributed by atoms with Crippen LogP contribution in [-0.2, 0) is 0 Å². The average molecular weight is 281 g/mol. The number of nitrogens with zero attached hydrogens (tertiary/aromatic N) is 1. The molecule has 0 aliphatic carbocycles. The molecular formula is C15H24FN3O. The van der Waals surface area contributed by atoms with E-state index in [1.165, 1.54) is 12.1 Å². The van der Waals surface area contributed by atoms with Gasteiger partial charge in [-0.05, 0) is 32.4 Å². The lowest BCUT2D eigenvalue weighted by Crippen LogP contribution is -2.38. The summed E-state index contributed by atoms with van der Waals surface area (Å²) in [6, 6.07) is 6.19. The zero-order valence-electron chi connectivity index (χ0n) is 12.4. The Labute approximate surface area is 120 Å². The Hall–Kier alpha value is -1.78. The van der Waals surface area contributed by atoms with Crippen molar-refractivity contribution in [2.75, 3.05) is 19.6 Å². The van der Waals surface area contributed by atoms with Crippen LogP contribution in [0.2, 0.25) is 0 Å². The van der Waals surface area contributed by atoms with Crippen LogP contribution in [-0.4, -0.2) is 31.7 Å². The van der Waals surface area contributed by atoms with Crippen molar-refractivity contribution in [2.24, 2.45) is 4.99 Å². The van der Waals surface area contributed by atoms with Crippen LogP contribution >= 0.6 is 0 Å². The molecule has 0 aliphatic rings. The van der Waals surface area contributed by atoms with Crippen LogP contribution < -0.4 is 15.4 Å². The van der Waals surface area contributed by atoms with Gasteiger partial charge in [0.25, 0.3) is 0 Å². The molecule has 2 N–H and O–H groups in total. The molecule has 0 saturated heterocycles. The van der Waals surface area contributed by atoms with E-state index in [9.17, 15) is 4.39 Å². The first-order chi connectivity index (χ1) is 9.69. The van der Waals surface area contributed by atoms with E-state index < -0.39 is 0 Å². The van der Waals surface area contributed by atoms with Crippen molar-refractivity contribution in [2.45, 2.75) is 33.3 Å². The van der Waals surface area contributed by atoms with Gasteiger partial charge in [-0.2, -0.15) is 0 Å². The number of benzene rings is 1. The van der Waals surface area contributed by atoms with Gasteiger partial charge in [0.05, 0.1) is 6.54 Å². The highest BCUT2D eigenvalue weighted by atomic mass is 19.1. The first kappa shape index (κ1) is 16.3. The highest BCUT2D eigenvalue weighted by Crippen LogP contribution is 2.15. The molecule has 0 radical (unpaired) electrons. The summed E-state index contributed by atoms with van der Waals surface area (Å²) in [5, 5.41) is 6.32. The third-order valence-electron chi connectivity index (χ3n) is 2.70. The van der Waals surface area contributed by atoms with Gasteiger partial charge < -0.3 is 15.4 Å². The van der Waals surface area contributed by atoms with Gasteiger partial charge in [0.1, 0.15) is 17.7 Å². The largest absolute Gasteiger partial charge is 0.488 e. The Balaban J connectivity index is 2.59.